The fraction of sp³-hybridized carbons (Fsp3) is 0.600. The highest BCUT2D eigenvalue weighted by atomic mass is 15.0. The average Bonchev–Trinajstić information content (AvgIpc) is 2.18. The van der Waals surface area contributed by atoms with Crippen molar-refractivity contribution in [2.75, 3.05) is 5.32 Å². The van der Waals surface area contributed by atoms with E-state index < -0.39 is 0 Å². The molecule has 0 aliphatic carbocycles. The van der Waals surface area contributed by atoms with Gasteiger partial charge in [0.25, 0.3) is 0 Å². The van der Waals surface area contributed by atoms with Crippen molar-refractivity contribution in [3.8, 4) is 0 Å². The number of anilines is 1. The molecular formula is C10H17N3. The van der Waals surface area contributed by atoms with Crippen molar-refractivity contribution < 1.29 is 0 Å². The van der Waals surface area contributed by atoms with Crippen molar-refractivity contribution in [2.45, 2.75) is 33.2 Å². The molecule has 0 aliphatic heterocycles. The molecule has 2 unspecified atom stereocenters. The lowest BCUT2D eigenvalue weighted by molar-refractivity contribution is 0.493. The maximum atomic E-state index is 4.16. The Hall–Kier alpha value is -1.12. The SMILES string of the molecule is CCC(C)C(C)Nc1cnccn1. The van der Waals surface area contributed by atoms with E-state index in [1.165, 1.54) is 6.42 Å². The molecule has 2 atom stereocenters. The molecule has 1 N–H and O–H groups in total. The molecule has 13 heavy (non-hydrogen) atoms. The lowest BCUT2D eigenvalue weighted by atomic mass is 10.0. The summed E-state index contributed by atoms with van der Waals surface area (Å²) in [6.07, 6.45) is 6.30. The summed E-state index contributed by atoms with van der Waals surface area (Å²) in [7, 11) is 0. The molecule has 0 amide bonds. The average molecular weight is 179 g/mol. The number of nitrogens with zero attached hydrogens (tertiary/aromatic N) is 2. The van der Waals surface area contributed by atoms with Crippen molar-refractivity contribution in [3.63, 3.8) is 0 Å². The second-order valence-corrected chi connectivity index (χ2v) is 3.41. The van der Waals surface area contributed by atoms with Crippen LogP contribution in [0.1, 0.15) is 27.2 Å². The summed E-state index contributed by atoms with van der Waals surface area (Å²) in [5.74, 6) is 1.51. The monoisotopic (exact) mass is 179 g/mol. The minimum absolute atomic E-state index is 0.446. The molecular weight excluding hydrogens is 162 g/mol. The summed E-state index contributed by atoms with van der Waals surface area (Å²) in [4.78, 5) is 8.16. The van der Waals surface area contributed by atoms with Gasteiger partial charge in [0.15, 0.2) is 0 Å². The predicted molar refractivity (Wildman–Crippen MR) is 54.6 cm³/mol. The van der Waals surface area contributed by atoms with Crippen molar-refractivity contribution in [3.05, 3.63) is 18.6 Å². The first-order chi connectivity index (χ1) is 6.24. The van der Waals surface area contributed by atoms with Gasteiger partial charge in [0.2, 0.25) is 0 Å². The van der Waals surface area contributed by atoms with Crippen LogP contribution in [0, 0.1) is 5.92 Å². The van der Waals surface area contributed by atoms with Gasteiger partial charge in [0.05, 0.1) is 6.20 Å². The molecule has 1 rings (SSSR count). The van der Waals surface area contributed by atoms with E-state index in [2.05, 4.69) is 36.1 Å². The van der Waals surface area contributed by atoms with Crippen molar-refractivity contribution >= 4 is 5.82 Å². The molecule has 0 fully saturated rings. The Bertz CT molecular complexity index is 235. The molecule has 1 aromatic heterocycles. The summed E-state index contributed by atoms with van der Waals surface area (Å²) in [6.45, 7) is 6.59. The number of nitrogens with one attached hydrogen (secondary N) is 1. The molecule has 0 saturated carbocycles. The van der Waals surface area contributed by atoms with Gasteiger partial charge in [-0.3, -0.25) is 4.98 Å². The third-order valence-corrected chi connectivity index (χ3v) is 2.44. The molecule has 0 bridgehead atoms. The molecule has 0 radical (unpaired) electrons. The standard InChI is InChI=1S/C10H17N3/c1-4-8(2)9(3)13-10-7-11-5-6-12-10/h5-9H,4H2,1-3H3,(H,12,13). The quantitative estimate of drug-likeness (QED) is 0.770. The number of hydrogen-bond acceptors (Lipinski definition) is 3. The van der Waals surface area contributed by atoms with Crippen LogP contribution in [0.2, 0.25) is 0 Å². The highest BCUT2D eigenvalue weighted by molar-refractivity contribution is 5.31. The topological polar surface area (TPSA) is 37.8 Å². The van der Waals surface area contributed by atoms with Crippen LogP contribution in [0.15, 0.2) is 18.6 Å². The minimum Gasteiger partial charge on any atom is -0.366 e. The van der Waals surface area contributed by atoms with Gasteiger partial charge < -0.3 is 5.32 Å². The summed E-state index contributed by atoms with van der Waals surface area (Å²) in [5.41, 5.74) is 0. The third kappa shape index (κ3) is 3.01. The highest BCUT2D eigenvalue weighted by Gasteiger charge is 2.09. The Morgan fingerprint density at radius 2 is 2.15 bits per heavy atom. The van der Waals surface area contributed by atoms with Crippen LogP contribution in [0.3, 0.4) is 0 Å². The maximum absolute atomic E-state index is 4.16. The summed E-state index contributed by atoms with van der Waals surface area (Å²) < 4.78 is 0. The Labute approximate surface area is 79.6 Å². The van der Waals surface area contributed by atoms with Gasteiger partial charge in [0, 0.05) is 18.4 Å². The molecule has 0 saturated heterocycles. The second kappa shape index (κ2) is 4.80. The van der Waals surface area contributed by atoms with Gasteiger partial charge in [-0.2, -0.15) is 0 Å². The van der Waals surface area contributed by atoms with Gasteiger partial charge >= 0.3 is 0 Å². The predicted octanol–water partition coefficient (Wildman–Crippen LogP) is 2.32. The summed E-state index contributed by atoms with van der Waals surface area (Å²) in [5, 5.41) is 3.32. The number of rotatable bonds is 4. The number of hydrogen-bond donors (Lipinski definition) is 1. The van der Waals surface area contributed by atoms with Crippen LogP contribution in [-0.2, 0) is 0 Å². The van der Waals surface area contributed by atoms with Crippen molar-refractivity contribution in [2.24, 2.45) is 5.92 Å². The van der Waals surface area contributed by atoms with E-state index in [0.29, 0.717) is 12.0 Å². The van der Waals surface area contributed by atoms with Crippen molar-refractivity contribution in [1.82, 2.24) is 9.97 Å². The summed E-state index contributed by atoms with van der Waals surface area (Å²) in [6, 6.07) is 0.446. The molecule has 3 nitrogen and oxygen atoms in total. The van der Waals surface area contributed by atoms with E-state index in [9.17, 15) is 0 Å². The van der Waals surface area contributed by atoms with Crippen LogP contribution in [-0.4, -0.2) is 16.0 Å². The molecule has 0 aromatic carbocycles. The third-order valence-electron chi connectivity index (χ3n) is 2.44. The largest absolute Gasteiger partial charge is 0.366 e. The molecule has 1 heterocycles. The summed E-state index contributed by atoms with van der Waals surface area (Å²) >= 11 is 0. The van der Waals surface area contributed by atoms with E-state index >= 15 is 0 Å². The van der Waals surface area contributed by atoms with Crippen LogP contribution in [0.4, 0.5) is 5.82 Å². The van der Waals surface area contributed by atoms with Crippen LogP contribution >= 0.6 is 0 Å². The zero-order valence-corrected chi connectivity index (χ0v) is 8.49. The Kier molecular flexibility index (Phi) is 3.68. The van der Waals surface area contributed by atoms with Gasteiger partial charge in [-0.05, 0) is 12.8 Å². The molecule has 0 aliphatic rings. The lowest BCUT2D eigenvalue weighted by Crippen LogP contribution is -2.23. The first kappa shape index (κ1) is 9.96. The molecule has 72 valence electrons. The van der Waals surface area contributed by atoms with Gasteiger partial charge in [0.1, 0.15) is 5.82 Å². The lowest BCUT2D eigenvalue weighted by Gasteiger charge is -2.19. The van der Waals surface area contributed by atoms with Gasteiger partial charge in [-0.1, -0.05) is 20.3 Å². The Balaban J connectivity index is 2.50. The normalized spacial score (nSPS) is 15.0. The first-order valence-corrected chi connectivity index (χ1v) is 4.76. The number of aromatic nitrogens is 2. The van der Waals surface area contributed by atoms with E-state index in [0.717, 1.165) is 5.82 Å². The van der Waals surface area contributed by atoms with E-state index in [1.807, 2.05) is 0 Å². The Morgan fingerprint density at radius 3 is 2.69 bits per heavy atom. The molecule has 3 heteroatoms. The van der Waals surface area contributed by atoms with Gasteiger partial charge in [-0.25, -0.2) is 4.98 Å². The molecule has 1 aromatic rings. The second-order valence-electron chi connectivity index (χ2n) is 3.41. The highest BCUT2D eigenvalue weighted by Crippen LogP contribution is 2.11. The van der Waals surface area contributed by atoms with Crippen LogP contribution in [0.25, 0.3) is 0 Å². The van der Waals surface area contributed by atoms with Crippen LogP contribution in [0.5, 0.6) is 0 Å². The first-order valence-electron chi connectivity index (χ1n) is 4.76. The smallest absolute Gasteiger partial charge is 0.144 e. The van der Waals surface area contributed by atoms with Crippen molar-refractivity contribution in [1.29, 1.82) is 0 Å². The Morgan fingerprint density at radius 1 is 1.38 bits per heavy atom. The van der Waals surface area contributed by atoms with E-state index in [-0.39, 0.29) is 0 Å². The van der Waals surface area contributed by atoms with Gasteiger partial charge in [-0.15, -0.1) is 0 Å². The maximum Gasteiger partial charge on any atom is 0.144 e. The fourth-order valence-electron chi connectivity index (χ4n) is 1.10. The van der Waals surface area contributed by atoms with E-state index in [4.69, 9.17) is 0 Å². The molecule has 0 spiro atoms. The van der Waals surface area contributed by atoms with Crippen LogP contribution < -0.4 is 5.32 Å². The zero-order valence-electron chi connectivity index (χ0n) is 8.49. The minimum atomic E-state index is 0.446. The fourth-order valence-corrected chi connectivity index (χ4v) is 1.10. The van der Waals surface area contributed by atoms with E-state index in [1.54, 1.807) is 18.6 Å². The zero-order chi connectivity index (χ0) is 9.68.